The van der Waals surface area contributed by atoms with E-state index in [4.69, 9.17) is 5.73 Å². The van der Waals surface area contributed by atoms with Crippen molar-refractivity contribution in [2.24, 2.45) is 5.73 Å². The molecule has 0 aliphatic rings. The molecule has 1 heterocycles. The number of rotatable bonds is 5. The highest BCUT2D eigenvalue weighted by molar-refractivity contribution is 5.97. The van der Waals surface area contributed by atoms with Crippen LogP contribution in [0.15, 0.2) is 54.9 Å². The van der Waals surface area contributed by atoms with E-state index in [0.717, 1.165) is 28.8 Å². The lowest BCUT2D eigenvalue weighted by atomic mass is 9.96. The summed E-state index contributed by atoms with van der Waals surface area (Å²) in [6.07, 6.45) is 3.32. The highest BCUT2D eigenvalue weighted by Crippen LogP contribution is 2.20. The Labute approximate surface area is 153 Å². The summed E-state index contributed by atoms with van der Waals surface area (Å²) in [6.45, 7) is 3.78. The first kappa shape index (κ1) is 19.0. The van der Waals surface area contributed by atoms with Crippen molar-refractivity contribution in [1.82, 2.24) is 9.55 Å². The number of benzene rings is 2. The summed E-state index contributed by atoms with van der Waals surface area (Å²) in [5, 5.41) is 2.89. The number of carbonyl (C=O) groups excluding carboxylic acids is 1. The predicted molar refractivity (Wildman–Crippen MR) is 104 cm³/mol. The molecule has 25 heavy (non-hydrogen) atoms. The zero-order chi connectivity index (χ0) is 17.2. The van der Waals surface area contributed by atoms with Crippen molar-refractivity contribution >= 4 is 35.0 Å². The first-order chi connectivity index (χ1) is 11.5. The maximum atomic E-state index is 12.3. The molecule has 3 aromatic rings. The fourth-order valence-corrected chi connectivity index (χ4v) is 2.78. The Morgan fingerprint density at radius 2 is 1.88 bits per heavy atom. The van der Waals surface area contributed by atoms with Gasteiger partial charge in [0.15, 0.2) is 0 Å². The van der Waals surface area contributed by atoms with E-state index < -0.39 is 5.54 Å². The number of aromatic nitrogens is 2. The molecule has 132 valence electrons. The van der Waals surface area contributed by atoms with Gasteiger partial charge >= 0.3 is 0 Å². The standard InChI is InChI=1S/C19H22N4O.ClH/c1-3-12-19(2,20)18(24)22-14-8-10-15(11-9-14)23-13-21-16-6-4-5-7-17(16)23;/h4-11,13H,3,12,20H2,1-2H3,(H,22,24);1H. The van der Waals surface area contributed by atoms with Gasteiger partial charge in [-0.2, -0.15) is 0 Å². The number of carbonyl (C=O) groups is 1. The van der Waals surface area contributed by atoms with Crippen LogP contribution >= 0.6 is 12.4 Å². The monoisotopic (exact) mass is 358 g/mol. The summed E-state index contributed by atoms with van der Waals surface area (Å²) < 4.78 is 2.02. The zero-order valence-electron chi connectivity index (χ0n) is 14.4. The summed E-state index contributed by atoms with van der Waals surface area (Å²) in [7, 11) is 0. The van der Waals surface area contributed by atoms with Gasteiger partial charge in [-0.05, 0) is 49.7 Å². The molecule has 0 saturated heterocycles. The van der Waals surface area contributed by atoms with Crippen LogP contribution in [0.25, 0.3) is 16.7 Å². The van der Waals surface area contributed by atoms with Crippen LogP contribution in [-0.4, -0.2) is 21.0 Å². The number of anilines is 1. The van der Waals surface area contributed by atoms with Crippen LogP contribution in [0.1, 0.15) is 26.7 Å². The van der Waals surface area contributed by atoms with Crippen molar-refractivity contribution in [2.45, 2.75) is 32.2 Å². The van der Waals surface area contributed by atoms with Gasteiger partial charge in [0.05, 0.1) is 16.6 Å². The molecular formula is C19H23ClN4O. The molecular weight excluding hydrogens is 336 g/mol. The molecule has 2 aromatic carbocycles. The summed E-state index contributed by atoms with van der Waals surface area (Å²) >= 11 is 0. The second-order valence-electron chi connectivity index (χ2n) is 6.27. The first-order valence-electron chi connectivity index (χ1n) is 8.14. The van der Waals surface area contributed by atoms with Crippen LogP contribution in [0.3, 0.4) is 0 Å². The largest absolute Gasteiger partial charge is 0.325 e. The van der Waals surface area contributed by atoms with Gasteiger partial charge in [-0.3, -0.25) is 9.36 Å². The van der Waals surface area contributed by atoms with Crippen molar-refractivity contribution in [2.75, 3.05) is 5.32 Å². The van der Waals surface area contributed by atoms with E-state index in [1.807, 2.05) is 60.0 Å². The van der Waals surface area contributed by atoms with E-state index in [0.29, 0.717) is 6.42 Å². The summed E-state index contributed by atoms with van der Waals surface area (Å²) in [4.78, 5) is 16.7. The molecule has 3 rings (SSSR count). The number of imidazole rings is 1. The smallest absolute Gasteiger partial charge is 0.244 e. The molecule has 0 saturated carbocycles. The van der Waals surface area contributed by atoms with Crippen molar-refractivity contribution in [3.63, 3.8) is 0 Å². The van der Waals surface area contributed by atoms with Crippen LogP contribution in [0.2, 0.25) is 0 Å². The van der Waals surface area contributed by atoms with Gasteiger partial charge in [-0.15, -0.1) is 12.4 Å². The SMILES string of the molecule is CCCC(C)(N)C(=O)Nc1ccc(-n2cnc3ccccc32)cc1.Cl. The lowest BCUT2D eigenvalue weighted by molar-refractivity contribution is -0.120. The molecule has 0 fully saturated rings. The predicted octanol–water partition coefficient (Wildman–Crippen LogP) is 3.90. The van der Waals surface area contributed by atoms with E-state index in [1.54, 1.807) is 13.3 Å². The number of nitrogens with two attached hydrogens (primary N) is 1. The summed E-state index contributed by atoms with van der Waals surface area (Å²) in [5.74, 6) is -0.162. The fraction of sp³-hybridized carbons (Fsp3) is 0.263. The first-order valence-corrected chi connectivity index (χ1v) is 8.14. The third-order valence-corrected chi connectivity index (χ3v) is 4.14. The highest BCUT2D eigenvalue weighted by atomic mass is 35.5. The van der Waals surface area contributed by atoms with Gasteiger partial charge in [-0.25, -0.2) is 4.98 Å². The van der Waals surface area contributed by atoms with Crippen LogP contribution in [0.5, 0.6) is 0 Å². The van der Waals surface area contributed by atoms with Crippen molar-refractivity contribution in [3.8, 4) is 5.69 Å². The van der Waals surface area contributed by atoms with Gasteiger partial charge in [0.25, 0.3) is 0 Å². The van der Waals surface area contributed by atoms with Crippen LogP contribution < -0.4 is 11.1 Å². The number of nitrogens with one attached hydrogen (secondary N) is 1. The van der Waals surface area contributed by atoms with E-state index in [1.165, 1.54) is 0 Å². The van der Waals surface area contributed by atoms with Crippen molar-refractivity contribution in [3.05, 3.63) is 54.9 Å². The second kappa shape index (κ2) is 7.68. The quantitative estimate of drug-likeness (QED) is 0.726. The minimum absolute atomic E-state index is 0. The average Bonchev–Trinajstić information content (AvgIpc) is 2.99. The fourth-order valence-electron chi connectivity index (χ4n) is 2.78. The van der Waals surface area contributed by atoms with E-state index in [2.05, 4.69) is 10.3 Å². The summed E-state index contributed by atoms with van der Waals surface area (Å²) in [6, 6.07) is 15.6. The normalized spacial score (nSPS) is 13.1. The molecule has 1 atom stereocenters. The van der Waals surface area contributed by atoms with Crippen LogP contribution in [0, 0.1) is 0 Å². The van der Waals surface area contributed by atoms with Crippen molar-refractivity contribution < 1.29 is 4.79 Å². The maximum Gasteiger partial charge on any atom is 0.244 e. The Morgan fingerprint density at radius 3 is 2.56 bits per heavy atom. The molecule has 0 radical (unpaired) electrons. The molecule has 3 N–H and O–H groups in total. The van der Waals surface area contributed by atoms with Gasteiger partial charge in [-0.1, -0.05) is 25.5 Å². The minimum atomic E-state index is -0.853. The Balaban J connectivity index is 0.00000225. The van der Waals surface area contributed by atoms with E-state index >= 15 is 0 Å². The molecule has 0 aliphatic carbocycles. The number of nitrogens with zero attached hydrogens (tertiary/aromatic N) is 2. The molecule has 0 aliphatic heterocycles. The Bertz CT molecular complexity index is 855. The third-order valence-electron chi connectivity index (χ3n) is 4.14. The molecule has 1 amide bonds. The van der Waals surface area contributed by atoms with E-state index in [-0.39, 0.29) is 18.3 Å². The molecule has 1 unspecified atom stereocenters. The molecule has 6 heteroatoms. The highest BCUT2D eigenvalue weighted by Gasteiger charge is 2.27. The zero-order valence-corrected chi connectivity index (χ0v) is 15.2. The van der Waals surface area contributed by atoms with Crippen molar-refractivity contribution in [1.29, 1.82) is 0 Å². The molecule has 0 spiro atoms. The topological polar surface area (TPSA) is 72.9 Å². The average molecular weight is 359 g/mol. The number of hydrogen-bond donors (Lipinski definition) is 2. The minimum Gasteiger partial charge on any atom is -0.325 e. The Kier molecular flexibility index (Phi) is 5.82. The van der Waals surface area contributed by atoms with Gasteiger partial charge in [0.1, 0.15) is 6.33 Å². The molecule has 0 bridgehead atoms. The van der Waals surface area contributed by atoms with Crippen LogP contribution in [0.4, 0.5) is 5.69 Å². The summed E-state index contributed by atoms with van der Waals surface area (Å²) in [5.41, 5.74) is 8.94. The van der Waals surface area contributed by atoms with Gasteiger partial charge < -0.3 is 11.1 Å². The Morgan fingerprint density at radius 1 is 1.20 bits per heavy atom. The maximum absolute atomic E-state index is 12.3. The van der Waals surface area contributed by atoms with Gasteiger partial charge in [0.2, 0.25) is 5.91 Å². The molecule has 1 aromatic heterocycles. The number of halogens is 1. The Hall–Kier alpha value is -2.37. The van der Waals surface area contributed by atoms with Crippen LogP contribution in [-0.2, 0) is 4.79 Å². The number of amides is 1. The third kappa shape index (κ3) is 4.00. The molecule has 5 nitrogen and oxygen atoms in total. The van der Waals surface area contributed by atoms with E-state index in [9.17, 15) is 4.79 Å². The second-order valence-corrected chi connectivity index (χ2v) is 6.27. The lowest BCUT2D eigenvalue weighted by Crippen LogP contribution is -2.48. The lowest BCUT2D eigenvalue weighted by Gasteiger charge is -2.22. The number of para-hydroxylation sites is 2. The van der Waals surface area contributed by atoms with Gasteiger partial charge in [0, 0.05) is 11.4 Å². The number of fused-ring (bicyclic) bond motifs is 1. The number of hydrogen-bond acceptors (Lipinski definition) is 3.